The number of nitrogens with one attached hydrogen (secondary N) is 2. The minimum Gasteiger partial charge on any atom is -0.467 e. The van der Waals surface area contributed by atoms with Gasteiger partial charge in [0.1, 0.15) is 11.5 Å². The molecule has 3 aromatic heterocycles. The molecule has 0 unspecified atom stereocenters. The number of methoxy groups -OCH3 is 1. The van der Waals surface area contributed by atoms with Gasteiger partial charge in [-0.3, -0.25) is 9.72 Å². The summed E-state index contributed by atoms with van der Waals surface area (Å²) >= 11 is 5.98. The van der Waals surface area contributed by atoms with Crippen LogP contribution in [0.4, 0.5) is 10.7 Å². The number of imidazole rings is 1. The van der Waals surface area contributed by atoms with E-state index in [1.54, 1.807) is 19.1 Å². The van der Waals surface area contributed by atoms with Gasteiger partial charge in [-0.05, 0) is 31.5 Å². The number of nitrogens with zero attached hydrogens (tertiary/aromatic N) is 5. The van der Waals surface area contributed by atoms with E-state index in [1.807, 2.05) is 11.6 Å². The van der Waals surface area contributed by atoms with Crippen molar-refractivity contribution >= 4 is 39.3 Å². The van der Waals surface area contributed by atoms with E-state index in [9.17, 15) is 13.2 Å². The van der Waals surface area contributed by atoms with Gasteiger partial charge >= 0.3 is 12.0 Å². The minimum atomic E-state index is -4.33. The van der Waals surface area contributed by atoms with Crippen molar-refractivity contribution in [2.75, 3.05) is 12.4 Å². The molecule has 0 bridgehead atoms. The quantitative estimate of drug-likeness (QED) is 0.654. The van der Waals surface area contributed by atoms with E-state index in [1.165, 1.54) is 17.7 Å². The highest BCUT2D eigenvalue weighted by molar-refractivity contribution is 7.90. The third-order valence-corrected chi connectivity index (χ3v) is 5.04. The molecule has 3 rings (SSSR count). The summed E-state index contributed by atoms with van der Waals surface area (Å²) in [5.41, 5.74) is 1.21. The van der Waals surface area contributed by atoms with Gasteiger partial charge in [0, 0.05) is 6.20 Å². The molecule has 3 heterocycles. The van der Waals surface area contributed by atoms with Gasteiger partial charge in [-0.1, -0.05) is 11.6 Å². The van der Waals surface area contributed by atoms with E-state index in [0.29, 0.717) is 5.65 Å². The van der Waals surface area contributed by atoms with Crippen LogP contribution in [-0.2, 0) is 10.0 Å². The molecule has 0 fully saturated rings. The highest BCUT2D eigenvalue weighted by atomic mass is 35.5. The molecule has 142 valence electrons. The highest BCUT2D eigenvalue weighted by Crippen LogP contribution is 2.23. The van der Waals surface area contributed by atoms with Crippen LogP contribution in [-0.4, -0.2) is 45.9 Å². The summed E-state index contributed by atoms with van der Waals surface area (Å²) in [6.45, 7) is 3.39. The van der Waals surface area contributed by atoms with Crippen molar-refractivity contribution in [3.8, 4) is 6.01 Å². The molecule has 2 N–H and O–H groups in total. The number of sulfonamides is 1. The number of rotatable bonds is 4. The maximum Gasteiger partial charge on any atom is 0.335 e. The number of urea groups is 1. The summed E-state index contributed by atoms with van der Waals surface area (Å²) in [6.07, 6.45) is 1.50. The number of amides is 2. The first-order valence-corrected chi connectivity index (χ1v) is 9.30. The minimum absolute atomic E-state index is 0.0270. The first-order valence-electron chi connectivity index (χ1n) is 7.44. The van der Waals surface area contributed by atoms with Crippen LogP contribution in [0.1, 0.15) is 11.4 Å². The van der Waals surface area contributed by atoms with Crippen molar-refractivity contribution in [3.63, 3.8) is 0 Å². The van der Waals surface area contributed by atoms with Crippen LogP contribution < -0.4 is 14.8 Å². The van der Waals surface area contributed by atoms with Gasteiger partial charge in [-0.25, -0.2) is 14.5 Å². The van der Waals surface area contributed by atoms with Gasteiger partial charge in [0.2, 0.25) is 5.95 Å². The van der Waals surface area contributed by atoms with Crippen molar-refractivity contribution in [2.24, 2.45) is 0 Å². The molecule has 0 aliphatic carbocycles. The SMILES string of the molecule is COc1nc(C)nc(NC(=O)NS(=O)(=O)c2c(Cl)nc3cc(C)ccn23)n1. The Kier molecular flexibility index (Phi) is 4.85. The fraction of sp³-hybridized carbons (Fsp3) is 0.214. The van der Waals surface area contributed by atoms with E-state index in [2.05, 4.69) is 25.3 Å². The Balaban J connectivity index is 1.88. The predicted molar refractivity (Wildman–Crippen MR) is 95.4 cm³/mol. The molecule has 0 saturated heterocycles. The van der Waals surface area contributed by atoms with Crippen LogP contribution >= 0.6 is 11.6 Å². The highest BCUT2D eigenvalue weighted by Gasteiger charge is 2.27. The van der Waals surface area contributed by atoms with Crippen LogP contribution in [0.5, 0.6) is 6.01 Å². The zero-order chi connectivity index (χ0) is 19.8. The lowest BCUT2D eigenvalue weighted by atomic mass is 10.3. The maximum absolute atomic E-state index is 12.6. The third kappa shape index (κ3) is 3.90. The summed E-state index contributed by atoms with van der Waals surface area (Å²) in [6, 6.07) is 2.23. The smallest absolute Gasteiger partial charge is 0.335 e. The Morgan fingerprint density at radius 1 is 1.22 bits per heavy atom. The zero-order valence-corrected chi connectivity index (χ0v) is 16.0. The number of hydrogen-bond acceptors (Lipinski definition) is 8. The molecule has 27 heavy (non-hydrogen) atoms. The van der Waals surface area contributed by atoms with E-state index < -0.39 is 16.1 Å². The van der Waals surface area contributed by atoms with Crippen molar-refractivity contribution in [1.82, 2.24) is 29.1 Å². The Labute approximate surface area is 158 Å². The second-order valence-electron chi connectivity index (χ2n) is 5.39. The molecular weight excluding hydrogens is 398 g/mol. The van der Waals surface area contributed by atoms with Crippen molar-refractivity contribution in [2.45, 2.75) is 18.9 Å². The molecule has 0 saturated carbocycles. The third-order valence-electron chi connectivity index (χ3n) is 3.31. The van der Waals surface area contributed by atoms with Crippen LogP contribution in [0.2, 0.25) is 5.15 Å². The lowest BCUT2D eigenvalue weighted by Gasteiger charge is -2.09. The van der Waals surface area contributed by atoms with Crippen LogP contribution in [0.15, 0.2) is 23.4 Å². The van der Waals surface area contributed by atoms with Gasteiger partial charge in [0.05, 0.1) is 7.11 Å². The molecule has 0 aliphatic rings. The number of aryl methyl sites for hydroxylation is 2. The van der Waals surface area contributed by atoms with Crippen molar-refractivity contribution < 1.29 is 17.9 Å². The number of pyridine rings is 1. The Morgan fingerprint density at radius 3 is 2.67 bits per heavy atom. The monoisotopic (exact) mass is 411 g/mol. The van der Waals surface area contributed by atoms with Crippen molar-refractivity contribution in [1.29, 1.82) is 0 Å². The van der Waals surface area contributed by atoms with Gasteiger partial charge in [-0.15, -0.1) is 0 Å². The maximum atomic E-state index is 12.6. The molecule has 0 aromatic carbocycles. The molecule has 0 aliphatic heterocycles. The molecule has 3 aromatic rings. The number of hydrogen-bond donors (Lipinski definition) is 2. The summed E-state index contributed by atoms with van der Waals surface area (Å²) in [5, 5.41) is 1.58. The predicted octanol–water partition coefficient (Wildman–Crippen LogP) is 1.31. The fourth-order valence-corrected chi connectivity index (χ4v) is 3.79. The molecule has 0 radical (unpaired) electrons. The lowest BCUT2D eigenvalue weighted by molar-refractivity contribution is 0.256. The number of aromatic nitrogens is 5. The number of carbonyl (C=O) groups excluding carboxylic acids is 1. The molecular formula is C14H14ClN7O4S. The van der Waals surface area contributed by atoms with Gasteiger partial charge in [0.15, 0.2) is 10.2 Å². The molecule has 11 nitrogen and oxygen atoms in total. The van der Waals surface area contributed by atoms with E-state index in [4.69, 9.17) is 16.3 Å². The molecule has 0 atom stereocenters. The van der Waals surface area contributed by atoms with Crippen LogP contribution in [0.25, 0.3) is 5.65 Å². The number of halogens is 1. The molecule has 13 heteroatoms. The lowest BCUT2D eigenvalue weighted by Crippen LogP contribution is -2.35. The van der Waals surface area contributed by atoms with E-state index >= 15 is 0 Å². The second kappa shape index (κ2) is 6.96. The topological polar surface area (TPSA) is 140 Å². The average Bonchev–Trinajstić information content (AvgIpc) is 2.89. The Bertz CT molecular complexity index is 1150. The fourth-order valence-electron chi connectivity index (χ4n) is 2.24. The van der Waals surface area contributed by atoms with Gasteiger partial charge in [-0.2, -0.15) is 23.4 Å². The largest absolute Gasteiger partial charge is 0.467 e. The number of anilines is 1. The van der Waals surface area contributed by atoms with Crippen LogP contribution in [0.3, 0.4) is 0 Å². The summed E-state index contributed by atoms with van der Waals surface area (Å²) in [7, 11) is -2.98. The Morgan fingerprint density at radius 2 is 1.96 bits per heavy atom. The summed E-state index contributed by atoms with van der Waals surface area (Å²) in [5.74, 6) is 0.104. The van der Waals surface area contributed by atoms with Gasteiger partial charge < -0.3 is 4.74 Å². The van der Waals surface area contributed by atoms with Crippen molar-refractivity contribution in [3.05, 3.63) is 34.9 Å². The zero-order valence-electron chi connectivity index (χ0n) is 14.4. The normalized spacial score (nSPS) is 11.4. The average molecular weight is 412 g/mol. The summed E-state index contributed by atoms with van der Waals surface area (Å²) in [4.78, 5) is 27.7. The number of fused-ring (bicyclic) bond motifs is 1. The number of ether oxygens (including phenoxy) is 1. The summed E-state index contributed by atoms with van der Waals surface area (Å²) < 4.78 is 33.2. The Hall–Kier alpha value is -2.99. The van der Waals surface area contributed by atoms with E-state index in [0.717, 1.165) is 5.56 Å². The van der Waals surface area contributed by atoms with Crippen LogP contribution in [0, 0.1) is 13.8 Å². The van der Waals surface area contributed by atoms with E-state index in [-0.39, 0.29) is 28.0 Å². The molecule has 0 spiro atoms. The first-order chi connectivity index (χ1) is 12.7. The van der Waals surface area contributed by atoms with Gasteiger partial charge in [0.25, 0.3) is 10.0 Å². The molecule has 2 amide bonds. The second-order valence-corrected chi connectivity index (χ2v) is 7.35. The number of carbonyl (C=O) groups is 1. The standard InChI is InChI=1S/C14H14ClN7O4S/c1-7-4-5-22-9(6-7)18-10(15)11(22)27(24,25)21-13(23)19-12-16-8(2)17-14(20-12)26-3/h4-6H,1-3H3,(H2,16,17,19,20,21,23). The first kappa shape index (κ1) is 18.8.